The van der Waals surface area contributed by atoms with Crippen molar-refractivity contribution in [1.82, 2.24) is 4.98 Å². The van der Waals surface area contributed by atoms with Crippen LogP contribution in [-0.2, 0) is 19.6 Å². The van der Waals surface area contributed by atoms with Crippen LogP contribution in [0.4, 0.5) is 5.69 Å². The zero-order valence-corrected chi connectivity index (χ0v) is 19.3. The number of aromatic nitrogens is 1. The summed E-state index contributed by atoms with van der Waals surface area (Å²) < 4.78 is 23.1. The van der Waals surface area contributed by atoms with Gasteiger partial charge in [0.15, 0.2) is 0 Å². The minimum atomic E-state index is -3.93. The molecule has 0 saturated carbocycles. The van der Waals surface area contributed by atoms with Gasteiger partial charge in [0, 0.05) is 28.5 Å². The van der Waals surface area contributed by atoms with Crippen molar-refractivity contribution < 1.29 is 23.1 Å². The standard InChI is InChI=1S/C21H17N3O6S3/c22-33(29,30)12-7-5-11(6-8-12)24-15(26)9-21(19(24)27)10-31-18-17(32-20(28)23-18)16(21)13-3-1-2-4-14(13)25/h1-8,16,25H,9-10H2,(H,23,28)(H2,22,29,30)/t16-,21+/m0/s1. The van der Waals surface area contributed by atoms with Gasteiger partial charge in [-0.15, -0.1) is 11.8 Å². The number of thiazole rings is 1. The second kappa shape index (κ2) is 7.55. The molecule has 1 spiro atoms. The molecule has 3 aromatic rings. The van der Waals surface area contributed by atoms with E-state index < -0.39 is 33.2 Å². The van der Waals surface area contributed by atoms with Gasteiger partial charge in [-0.1, -0.05) is 29.5 Å². The molecule has 12 heteroatoms. The quantitative estimate of drug-likeness (QED) is 0.462. The number of anilines is 1. The molecule has 0 aliphatic carbocycles. The molecule has 3 heterocycles. The second-order valence-electron chi connectivity index (χ2n) is 7.89. The number of aromatic hydroxyl groups is 1. The molecule has 0 unspecified atom stereocenters. The normalized spacial score (nSPS) is 22.7. The van der Waals surface area contributed by atoms with Crippen molar-refractivity contribution in [3.63, 3.8) is 0 Å². The van der Waals surface area contributed by atoms with E-state index in [-0.39, 0.29) is 33.4 Å². The number of benzene rings is 2. The van der Waals surface area contributed by atoms with Crippen LogP contribution in [0.25, 0.3) is 0 Å². The van der Waals surface area contributed by atoms with Crippen LogP contribution in [0.1, 0.15) is 22.8 Å². The van der Waals surface area contributed by atoms with Crippen molar-refractivity contribution in [2.45, 2.75) is 22.3 Å². The number of nitrogens with two attached hydrogens (primary N) is 1. The number of thioether (sulfide) groups is 1. The van der Waals surface area contributed by atoms with Gasteiger partial charge in [-0.2, -0.15) is 0 Å². The Bertz CT molecular complexity index is 1460. The summed E-state index contributed by atoms with van der Waals surface area (Å²) in [6, 6.07) is 11.8. The van der Waals surface area contributed by atoms with Crippen LogP contribution in [-0.4, -0.2) is 36.1 Å². The maximum absolute atomic E-state index is 13.9. The fourth-order valence-corrected chi connectivity index (χ4v) is 7.54. The van der Waals surface area contributed by atoms with E-state index in [1.807, 2.05) is 0 Å². The summed E-state index contributed by atoms with van der Waals surface area (Å²) in [6.07, 6.45) is -0.125. The van der Waals surface area contributed by atoms with Gasteiger partial charge >= 0.3 is 4.87 Å². The van der Waals surface area contributed by atoms with Crippen molar-refractivity contribution in [1.29, 1.82) is 0 Å². The predicted octanol–water partition coefficient (Wildman–Crippen LogP) is 1.98. The summed E-state index contributed by atoms with van der Waals surface area (Å²) in [5.41, 5.74) is -0.539. The number of nitrogens with one attached hydrogen (secondary N) is 1. The molecule has 1 aromatic heterocycles. The number of rotatable bonds is 3. The number of H-pyrrole nitrogens is 1. The Morgan fingerprint density at radius 1 is 1.09 bits per heavy atom. The molecule has 9 nitrogen and oxygen atoms in total. The molecular formula is C21H17N3O6S3. The number of sulfonamides is 1. The minimum Gasteiger partial charge on any atom is -0.508 e. The van der Waals surface area contributed by atoms with E-state index >= 15 is 0 Å². The fourth-order valence-electron chi connectivity index (χ4n) is 4.47. The molecule has 0 bridgehead atoms. The summed E-state index contributed by atoms with van der Waals surface area (Å²) in [7, 11) is -3.93. The largest absolute Gasteiger partial charge is 0.508 e. The van der Waals surface area contributed by atoms with Crippen molar-refractivity contribution >= 4 is 50.6 Å². The number of carbonyl (C=O) groups excluding carboxylic acids is 2. The number of hydrogen-bond acceptors (Lipinski definition) is 8. The third-order valence-corrected chi connectivity index (χ3v) is 9.22. The van der Waals surface area contributed by atoms with E-state index in [0.717, 1.165) is 16.2 Å². The molecule has 5 rings (SSSR count). The third-order valence-electron chi connectivity index (χ3n) is 5.95. The molecule has 2 aliphatic heterocycles. The van der Waals surface area contributed by atoms with E-state index in [1.54, 1.807) is 18.2 Å². The van der Waals surface area contributed by atoms with Gasteiger partial charge in [0.05, 0.1) is 21.0 Å². The average molecular weight is 504 g/mol. The molecule has 4 N–H and O–H groups in total. The number of phenols is 1. The lowest BCUT2D eigenvalue weighted by atomic mass is 9.70. The van der Waals surface area contributed by atoms with Gasteiger partial charge in [-0.25, -0.2) is 18.5 Å². The zero-order chi connectivity index (χ0) is 23.5. The van der Waals surface area contributed by atoms with Crippen LogP contribution in [0.2, 0.25) is 0 Å². The molecule has 2 aliphatic rings. The summed E-state index contributed by atoms with van der Waals surface area (Å²) in [6.45, 7) is 0. The first-order valence-corrected chi connectivity index (χ1v) is 13.1. The first kappa shape index (κ1) is 21.9. The topological polar surface area (TPSA) is 151 Å². The molecule has 1 saturated heterocycles. The van der Waals surface area contributed by atoms with E-state index in [1.165, 1.54) is 42.1 Å². The highest BCUT2D eigenvalue weighted by molar-refractivity contribution is 7.99. The molecule has 2 aromatic carbocycles. The number of fused-ring (bicyclic) bond motifs is 1. The Morgan fingerprint density at radius 3 is 2.45 bits per heavy atom. The van der Waals surface area contributed by atoms with Crippen LogP contribution in [0, 0.1) is 5.41 Å². The molecule has 33 heavy (non-hydrogen) atoms. The van der Waals surface area contributed by atoms with Crippen LogP contribution >= 0.6 is 23.1 Å². The number of carbonyl (C=O) groups is 2. The fraction of sp³-hybridized carbons (Fsp3) is 0.190. The Hall–Kier alpha value is -2.93. The van der Waals surface area contributed by atoms with Gasteiger partial charge in [0.25, 0.3) is 0 Å². The highest BCUT2D eigenvalue weighted by atomic mass is 32.2. The van der Waals surface area contributed by atoms with Gasteiger partial charge in [0.1, 0.15) is 5.75 Å². The summed E-state index contributed by atoms with van der Waals surface area (Å²) in [4.78, 5) is 43.2. The maximum Gasteiger partial charge on any atom is 0.305 e. The van der Waals surface area contributed by atoms with Crippen molar-refractivity contribution in [2.75, 3.05) is 10.7 Å². The Morgan fingerprint density at radius 2 is 1.79 bits per heavy atom. The van der Waals surface area contributed by atoms with Crippen LogP contribution in [0.15, 0.2) is 63.2 Å². The number of hydrogen-bond donors (Lipinski definition) is 3. The summed E-state index contributed by atoms with van der Waals surface area (Å²) in [5, 5.41) is 16.4. The van der Waals surface area contributed by atoms with Crippen LogP contribution in [0.5, 0.6) is 5.75 Å². The number of para-hydroxylation sites is 1. The number of phenolic OH excluding ortho intramolecular Hbond substituents is 1. The van der Waals surface area contributed by atoms with Gasteiger partial charge in [0.2, 0.25) is 21.8 Å². The Kier molecular flexibility index (Phi) is 5.01. The second-order valence-corrected chi connectivity index (χ2v) is 11.5. The molecule has 170 valence electrons. The van der Waals surface area contributed by atoms with Crippen LogP contribution < -0.4 is 14.9 Å². The SMILES string of the molecule is NS(=O)(=O)c1ccc(N2C(=O)C[C@]3(CSc4[nH]c(=O)sc4[C@@H]3c3ccccc3O)C2=O)cc1. The van der Waals surface area contributed by atoms with E-state index in [9.17, 15) is 27.9 Å². The zero-order valence-electron chi connectivity index (χ0n) is 16.8. The molecule has 1 fully saturated rings. The smallest absolute Gasteiger partial charge is 0.305 e. The van der Waals surface area contributed by atoms with Crippen molar-refractivity contribution in [3.8, 4) is 5.75 Å². The van der Waals surface area contributed by atoms with Crippen LogP contribution in [0.3, 0.4) is 0 Å². The first-order chi connectivity index (χ1) is 15.6. The monoisotopic (exact) mass is 503 g/mol. The number of imide groups is 1. The maximum atomic E-state index is 13.9. The number of primary sulfonamides is 1. The first-order valence-electron chi connectivity index (χ1n) is 9.76. The summed E-state index contributed by atoms with van der Waals surface area (Å²) >= 11 is 2.26. The molecule has 0 radical (unpaired) electrons. The highest BCUT2D eigenvalue weighted by Gasteiger charge is 2.60. The van der Waals surface area contributed by atoms with Crippen molar-refractivity contribution in [2.24, 2.45) is 10.6 Å². The van der Waals surface area contributed by atoms with E-state index in [2.05, 4.69) is 4.98 Å². The molecule has 2 atom stereocenters. The molecule has 2 amide bonds. The van der Waals surface area contributed by atoms with Gasteiger partial charge in [-0.3, -0.25) is 14.4 Å². The van der Waals surface area contributed by atoms with E-state index in [0.29, 0.717) is 15.5 Å². The predicted molar refractivity (Wildman–Crippen MR) is 123 cm³/mol. The van der Waals surface area contributed by atoms with Gasteiger partial charge in [-0.05, 0) is 30.3 Å². The highest BCUT2D eigenvalue weighted by Crippen LogP contribution is 2.58. The lowest BCUT2D eigenvalue weighted by Gasteiger charge is -2.38. The lowest BCUT2D eigenvalue weighted by molar-refractivity contribution is -0.125. The number of nitrogens with zero attached hydrogens (tertiary/aromatic N) is 1. The number of amides is 2. The van der Waals surface area contributed by atoms with Crippen molar-refractivity contribution in [3.05, 3.63) is 68.6 Å². The van der Waals surface area contributed by atoms with E-state index in [4.69, 9.17) is 5.14 Å². The summed E-state index contributed by atoms with van der Waals surface area (Å²) in [5.74, 6) is -1.43. The third kappa shape index (κ3) is 3.41. The average Bonchev–Trinajstić information content (AvgIpc) is 3.25. The number of aromatic amines is 1. The molecular weight excluding hydrogens is 486 g/mol. The van der Waals surface area contributed by atoms with Gasteiger partial charge < -0.3 is 10.1 Å². The Labute approximate surface area is 196 Å². The Balaban J connectivity index is 1.64. The minimum absolute atomic E-state index is 0.0308. The lowest BCUT2D eigenvalue weighted by Crippen LogP contribution is -2.43.